The summed E-state index contributed by atoms with van der Waals surface area (Å²) in [5.41, 5.74) is 1.17. The van der Waals surface area contributed by atoms with Crippen LogP contribution in [0.4, 0.5) is 5.69 Å². The first-order chi connectivity index (χ1) is 12.6. The third-order valence-corrected chi connectivity index (χ3v) is 4.08. The quantitative estimate of drug-likeness (QED) is 0.286. The van der Waals surface area contributed by atoms with Crippen molar-refractivity contribution in [3.05, 3.63) is 112 Å². The van der Waals surface area contributed by atoms with Gasteiger partial charge in [-0.15, -0.1) is 0 Å². The number of nitro benzene ring substituents is 1. The molecule has 0 spiro atoms. The number of Topliss-reactive ketones (excluding diaryl/α,β-unsaturated/α-hetero) is 2. The maximum absolute atomic E-state index is 13.0. The van der Waals surface area contributed by atoms with Gasteiger partial charge in [-0.25, -0.2) is 0 Å². The van der Waals surface area contributed by atoms with E-state index < -0.39 is 10.8 Å². The normalized spacial score (nSPS) is 10.5. The van der Waals surface area contributed by atoms with E-state index >= 15 is 0 Å². The molecule has 0 heterocycles. The van der Waals surface area contributed by atoms with Gasteiger partial charge in [-0.3, -0.25) is 19.7 Å². The summed E-state index contributed by atoms with van der Waals surface area (Å²) >= 11 is 0. The molecule has 0 aromatic heterocycles. The second-order valence-corrected chi connectivity index (χ2v) is 5.74. The van der Waals surface area contributed by atoms with Gasteiger partial charge in [-0.05, 0) is 5.56 Å². The number of carbonyl (C=O) groups excluding carboxylic acids is 2. The lowest BCUT2D eigenvalue weighted by Gasteiger charge is -2.15. The largest absolute Gasteiger partial charge is 0.293 e. The van der Waals surface area contributed by atoms with Crippen molar-refractivity contribution >= 4 is 17.3 Å². The summed E-state index contributed by atoms with van der Waals surface area (Å²) in [6.07, 6.45) is 0. The Kier molecular flexibility index (Phi) is 4.99. The minimum Gasteiger partial charge on any atom is -0.293 e. The zero-order valence-electron chi connectivity index (χ0n) is 13.7. The van der Waals surface area contributed by atoms with Crippen molar-refractivity contribution < 1.29 is 14.5 Å². The summed E-state index contributed by atoms with van der Waals surface area (Å²) in [5.74, 6) is -1.73. The highest BCUT2D eigenvalue weighted by atomic mass is 16.6. The Labute approximate surface area is 150 Å². The van der Waals surface area contributed by atoms with Crippen molar-refractivity contribution in [3.63, 3.8) is 0 Å². The Morgan fingerprint density at radius 2 is 1.12 bits per heavy atom. The number of non-ortho nitro benzene ring substituents is 1. The lowest BCUT2D eigenvalue weighted by Crippen LogP contribution is -2.22. The Bertz CT molecular complexity index is 883. The SMILES string of the molecule is O=C(c1ccccc1)C(C(=O)c1ccccc1)c1ccc([N+](=O)[O-])cc1. The van der Waals surface area contributed by atoms with E-state index in [1.54, 1.807) is 60.7 Å². The lowest BCUT2D eigenvalue weighted by atomic mass is 9.84. The third kappa shape index (κ3) is 3.57. The van der Waals surface area contributed by atoms with Crippen LogP contribution < -0.4 is 0 Å². The molecule has 0 unspecified atom stereocenters. The number of rotatable bonds is 6. The van der Waals surface area contributed by atoms with Gasteiger partial charge in [-0.2, -0.15) is 0 Å². The Balaban J connectivity index is 2.05. The van der Waals surface area contributed by atoms with Gasteiger partial charge in [-0.1, -0.05) is 72.8 Å². The summed E-state index contributed by atoms with van der Waals surface area (Å²) in [5, 5.41) is 10.9. The van der Waals surface area contributed by atoms with Crippen LogP contribution in [-0.2, 0) is 0 Å². The van der Waals surface area contributed by atoms with E-state index in [4.69, 9.17) is 0 Å². The predicted octanol–water partition coefficient (Wildman–Crippen LogP) is 4.44. The zero-order chi connectivity index (χ0) is 18.5. The molecule has 0 bridgehead atoms. The van der Waals surface area contributed by atoms with E-state index in [1.165, 1.54) is 24.3 Å². The molecule has 0 amide bonds. The van der Waals surface area contributed by atoms with Crippen LogP contribution >= 0.6 is 0 Å². The number of nitrogens with zero attached hydrogens (tertiary/aromatic N) is 1. The average molecular weight is 345 g/mol. The van der Waals surface area contributed by atoms with E-state index in [-0.39, 0.29) is 17.3 Å². The predicted molar refractivity (Wildman–Crippen MR) is 97.4 cm³/mol. The van der Waals surface area contributed by atoms with Crippen molar-refractivity contribution in [1.29, 1.82) is 0 Å². The van der Waals surface area contributed by atoms with E-state index in [2.05, 4.69) is 0 Å². The first kappa shape index (κ1) is 17.2. The van der Waals surface area contributed by atoms with Crippen molar-refractivity contribution in [3.8, 4) is 0 Å². The van der Waals surface area contributed by atoms with Crippen LogP contribution in [0.5, 0.6) is 0 Å². The van der Waals surface area contributed by atoms with Crippen LogP contribution in [0.25, 0.3) is 0 Å². The molecule has 26 heavy (non-hydrogen) atoms. The van der Waals surface area contributed by atoms with Gasteiger partial charge in [0.05, 0.1) is 4.92 Å². The zero-order valence-corrected chi connectivity index (χ0v) is 13.7. The van der Waals surface area contributed by atoms with Gasteiger partial charge < -0.3 is 0 Å². The van der Waals surface area contributed by atoms with Gasteiger partial charge in [0.15, 0.2) is 11.6 Å². The second-order valence-electron chi connectivity index (χ2n) is 5.74. The molecule has 128 valence electrons. The molecule has 3 aromatic rings. The topological polar surface area (TPSA) is 77.3 Å². The number of benzene rings is 3. The first-order valence-electron chi connectivity index (χ1n) is 8.01. The molecule has 5 heteroatoms. The van der Waals surface area contributed by atoms with E-state index in [0.717, 1.165) is 0 Å². The van der Waals surface area contributed by atoms with Crippen molar-refractivity contribution in [2.45, 2.75) is 5.92 Å². The Morgan fingerprint density at radius 1 is 0.692 bits per heavy atom. The molecule has 0 atom stereocenters. The monoisotopic (exact) mass is 345 g/mol. The van der Waals surface area contributed by atoms with Crippen molar-refractivity contribution in [2.75, 3.05) is 0 Å². The highest BCUT2D eigenvalue weighted by Crippen LogP contribution is 2.27. The van der Waals surface area contributed by atoms with E-state index in [1.807, 2.05) is 0 Å². The van der Waals surface area contributed by atoms with Crippen LogP contribution in [0.15, 0.2) is 84.9 Å². The smallest absolute Gasteiger partial charge is 0.269 e. The van der Waals surface area contributed by atoms with Crippen molar-refractivity contribution in [1.82, 2.24) is 0 Å². The van der Waals surface area contributed by atoms with Gasteiger partial charge in [0, 0.05) is 23.3 Å². The summed E-state index contributed by atoms with van der Waals surface area (Å²) in [7, 11) is 0. The maximum Gasteiger partial charge on any atom is 0.269 e. The van der Waals surface area contributed by atoms with E-state index in [0.29, 0.717) is 16.7 Å². The lowest BCUT2D eigenvalue weighted by molar-refractivity contribution is -0.384. The number of nitro groups is 1. The summed E-state index contributed by atoms with van der Waals surface area (Å²) in [4.78, 5) is 36.4. The van der Waals surface area contributed by atoms with Crippen LogP contribution in [0.1, 0.15) is 32.2 Å². The van der Waals surface area contributed by atoms with Gasteiger partial charge >= 0.3 is 0 Å². The van der Waals surface area contributed by atoms with Gasteiger partial charge in [0.25, 0.3) is 5.69 Å². The highest BCUT2D eigenvalue weighted by Gasteiger charge is 2.30. The fourth-order valence-electron chi connectivity index (χ4n) is 2.75. The fraction of sp³-hybridized carbons (Fsp3) is 0.0476. The second kappa shape index (κ2) is 7.53. The molecule has 3 aromatic carbocycles. The summed E-state index contributed by atoms with van der Waals surface area (Å²) in [6, 6.07) is 22.6. The van der Waals surface area contributed by atoms with Crippen molar-refractivity contribution in [2.24, 2.45) is 0 Å². The molecule has 0 N–H and O–H groups in total. The molecule has 0 saturated heterocycles. The number of hydrogen-bond acceptors (Lipinski definition) is 4. The van der Waals surface area contributed by atoms with Crippen LogP contribution in [-0.4, -0.2) is 16.5 Å². The molecule has 0 saturated carbocycles. The molecular formula is C21H15NO4. The minimum atomic E-state index is -1.05. The Morgan fingerprint density at radius 3 is 1.50 bits per heavy atom. The molecule has 0 aliphatic rings. The van der Waals surface area contributed by atoms with E-state index in [9.17, 15) is 19.7 Å². The van der Waals surface area contributed by atoms with Gasteiger partial charge in [0.2, 0.25) is 0 Å². The molecule has 3 rings (SSSR count). The number of ketones is 2. The third-order valence-electron chi connectivity index (χ3n) is 4.08. The average Bonchev–Trinajstić information content (AvgIpc) is 2.69. The molecular weight excluding hydrogens is 330 g/mol. The van der Waals surface area contributed by atoms with Crippen LogP contribution in [0, 0.1) is 10.1 Å². The molecule has 0 aliphatic heterocycles. The summed E-state index contributed by atoms with van der Waals surface area (Å²) in [6.45, 7) is 0. The fourth-order valence-corrected chi connectivity index (χ4v) is 2.75. The van der Waals surface area contributed by atoms with Gasteiger partial charge in [0.1, 0.15) is 5.92 Å². The highest BCUT2D eigenvalue weighted by molar-refractivity contribution is 6.20. The molecule has 0 fully saturated rings. The number of hydrogen-bond donors (Lipinski definition) is 0. The molecule has 0 aliphatic carbocycles. The minimum absolute atomic E-state index is 0.0909. The summed E-state index contributed by atoms with van der Waals surface area (Å²) < 4.78 is 0. The number of carbonyl (C=O) groups is 2. The maximum atomic E-state index is 13.0. The molecule has 0 radical (unpaired) electrons. The standard InChI is InChI=1S/C21H15NO4/c23-20(16-7-3-1-4-8-16)19(21(24)17-9-5-2-6-10-17)15-11-13-18(14-12-15)22(25)26/h1-14,19H. The Hall–Kier alpha value is -3.60. The van der Waals surface area contributed by atoms with Crippen LogP contribution in [0.2, 0.25) is 0 Å². The molecule has 5 nitrogen and oxygen atoms in total. The first-order valence-corrected chi connectivity index (χ1v) is 8.01. The van der Waals surface area contributed by atoms with Crippen LogP contribution in [0.3, 0.4) is 0 Å².